The van der Waals surface area contributed by atoms with Crippen LogP contribution in [-0.2, 0) is 4.79 Å². The Morgan fingerprint density at radius 2 is 1.86 bits per heavy atom. The van der Waals surface area contributed by atoms with Gasteiger partial charge in [0.15, 0.2) is 0 Å². The van der Waals surface area contributed by atoms with Gasteiger partial charge in [-0.25, -0.2) is 0 Å². The van der Waals surface area contributed by atoms with Crippen LogP contribution in [0.3, 0.4) is 0 Å². The summed E-state index contributed by atoms with van der Waals surface area (Å²) in [6.07, 6.45) is 6.38. The molecule has 1 N–H and O–H groups in total. The monoisotopic (exact) mass is 199 g/mol. The first-order valence-electron chi connectivity index (χ1n) is 6.01. The molecule has 2 heteroatoms. The molecular weight excluding hydrogens is 174 g/mol. The third-order valence-electron chi connectivity index (χ3n) is 2.79. The molecule has 0 radical (unpaired) electrons. The van der Waals surface area contributed by atoms with Gasteiger partial charge < -0.3 is 5.32 Å². The molecule has 14 heavy (non-hydrogen) atoms. The van der Waals surface area contributed by atoms with E-state index in [-0.39, 0.29) is 5.91 Å². The molecule has 0 heterocycles. The maximum Gasteiger partial charge on any atom is 0.219 e. The largest absolute Gasteiger partial charge is 0.356 e. The fourth-order valence-corrected chi connectivity index (χ4v) is 1.54. The van der Waals surface area contributed by atoms with Gasteiger partial charge in [0, 0.05) is 13.0 Å². The summed E-state index contributed by atoms with van der Waals surface area (Å²) in [6, 6.07) is 0. The van der Waals surface area contributed by atoms with E-state index >= 15 is 0 Å². The SMILES string of the molecule is CCCCC(=O)NCCC(CC)CC. The molecule has 0 spiro atoms. The second kappa shape index (κ2) is 9.04. The van der Waals surface area contributed by atoms with Crippen LogP contribution in [0.5, 0.6) is 0 Å². The van der Waals surface area contributed by atoms with Crippen LogP contribution in [0, 0.1) is 5.92 Å². The summed E-state index contributed by atoms with van der Waals surface area (Å²) < 4.78 is 0. The highest BCUT2D eigenvalue weighted by atomic mass is 16.1. The summed E-state index contributed by atoms with van der Waals surface area (Å²) in [7, 11) is 0. The predicted molar refractivity (Wildman–Crippen MR) is 61.2 cm³/mol. The minimum Gasteiger partial charge on any atom is -0.356 e. The predicted octanol–water partition coefficient (Wildman–Crippen LogP) is 3.12. The topological polar surface area (TPSA) is 29.1 Å². The zero-order valence-corrected chi connectivity index (χ0v) is 9.94. The maximum absolute atomic E-state index is 11.2. The average Bonchev–Trinajstić information content (AvgIpc) is 2.21. The van der Waals surface area contributed by atoms with Gasteiger partial charge in [-0.15, -0.1) is 0 Å². The molecule has 0 rings (SSSR count). The molecule has 1 amide bonds. The summed E-state index contributed by atoms with van der Waals surface area (Å²) in [5.41, 5.74) is 0. The first-order chi connectivity index (χ1) is 6.74. The molecule has 84 valence electrons. The molecule has 0 aliphatic heterocycles. The Balaban J connectivity index is 3.38. The van der Waals surface area contributed by atoms with E-state index < -0.39 is 0 Å². The molecule has 0 aliphatic carbocycles. The Morgan fingerprint density at radius 1 is 1.21 bits per heavy atom. The third kappa shape index (κ3) is 6.93. The zero-order chi connectivity index (χ0) is 10.8. The van der Waals surface area contributed by atoms with E-state index in [1.165, 1.54) is 12.8 Å². The highest BCUT2D eigenvalue weighted by Crippen LogP contribution is 2.10. The van der Waals surface area contributed by atoms with Gasteiger partial charge in [-0.3, -0.25) is 4.79 Å². The Labute approximate surface area is 88.5 Å². The lowest BCUT2D eigenvalue weighted by atomic mass is 10.00. The normalized spacial score (nSPS) is 10.6. The number of amides is 1. The van der Waals surface area contributed by atoms with Crippen LogP contribution in [0.4, 0.5) is 0 Å². The molecule has 0 fully saturated rings. The molecule has 0 atom stereocenters. The van der Waals surface area contributed by atoms with Crippen LogP contribution in [0.1, 0.15) is 59.3 Å². The number of hydrogen-bond acceptors (Lipinski definition) is 1. The van der Waals surface area contributed by atoms with Gasteiger partial charge in [0.25, 0.3) is 0 Å². The second-order valence-corrected chi connectivity index (χ2v) is 3.92. The van der Waals surface area contributed by atoms with Crippen LogP contribution < -0.4 is 5.32 Å². The molecule has 0 unspecified atom stereocenters. The van der Waals surface area contributed by atoms with E-state index in [9.17, 15) is 4.79 Å². The van der Waals surface area contributed by atoms with Gasteiger partial charge in [0.2, 0.25) is 5.91 Å². The van der Waals surface area contributed by atoms with Crippen molar-refractivity contribution in [3.05, 3.63) is 0 Å². The number of rotatable bonds is 8. The fourth-order valence-electron chi connectivity index (χ4n) is 1.54. The summed E-state index contributed by atoms with van der Waals surface area (Å²) in [6.45, 7) is 7.40. The zero-order valence-electron chi connectivity index (χ0n) is 9.94. The van der Waals surface area contributed by atoms with Crippen LogP contribution in [0.15, 0.2) is 0 Å². The van der Waals surface area contributed by atoms with Crippen molar-refractivity contribution in [1.82, 2.24) is 5.32 Å². The third-order valence-corrected chi connectivity index (χ3v) is 2.79. The number of hydrogen-bond donors (Lipinski definition) is 1. The lowest BCUT2D eigenvalue weighted by molar-refractivity contribution is -0.121. The highest BCUT2D eigenvalue weighted by Gasteiger charge is 2.04. The fraction of sp³-hybridized carbons (Fsp3) is 0.917. The standard InChI is InChI=1S/C12H25NO/c1-4-7-8-12(14)13-10-9-11(5-2)6-3/h11H,4-10H2,1-3H3,(H,13,14). The average molecular weight is 199 g/mol. The van der Waals surface area contributed by atoms with Gasteiger partial charge in [0.05, 0.1) is 0 Å². The van der Waals surface area contributed by atoms with E-state index in [1.807, 2.05) is 0 Å². The number of nitrogens with one attached hydrogen (secondary N) is 1. The number of carbonyl (C=O) groups is 1. The Bertz CT molecular complexity index is 141. The van der Waals surface area contributed by atoms with Crippen LogP contribution >= 0.6 is 0 Å². The molecule has 0 aromatic rings. The summed E-state index contributed by atoms with van der Waals surface area (Å²) in [5.74, 6) is 0.999. The smallest absolute Gasteiger partial charge is 0.219 e. The lowest BCUT2D eigenvalue weighted by Crippen LogP contribution is -2.25. The number of carbonyl (C=O) groups excluding carboxylic acids is 1. The molecule has 0 aromatic carbocycles. The van der Waals surface area contributed by atoms with Crippen molar-refractivity contribution in [2.75, 3.05) is 6.54 Å². The van der Waals surface area contributed by atoms with Crippen molar-refractivity contribution < 1.29 is 4.79 Å². The van der Waals surface area contributed by atoms with Crippen molar-refractivity contribution in [3.63, 3.8) is 0 Å². The van der Waals surface area contributed by atoms with Crippen molar-refractivity contribution >= 4 is 5.91 Å². The molecule has 0 aliphatic rings. The first-order valence-corrected chi connectivity index (χ1v) is 6.01. The van der Waals surface area contributed by atoms with E-state index in [0.29, 0.717) is 6.42 Å². The van der Waals surface area contributed by atoms with Crippen molar-refractivity contribution in [2.24, 2.45) is 5.92 Å². The minimum absolute atomic E-state index is 0.220. The van der Waals surface area contributed by atoms with E-state index in [1.54, 1.807) is 0 Å². The molecule has 2 nitrogen and oxygen atoms in total. The molecule has 0 bridgehead atoms. The van der Waals surface area contributed by atoms with Crippen molar-refractivity contribution in [1.29, 1.82) is 0 Å². The van der Waals surface area contributed by atoms with Gasteiger partial charge in [0.1, 0.15) is 0 Å². The van der Waals surface area contributed by atoms with Crippen LogP contribution in [0.2, 0.25) is 0 Å². The van der Waals surface area contributed by atoms with Gasteiger partial charge >= 0.3 is 0 Å². The number of unbranched alkanes of at least 4 members (excludes halogenated alkanes) is 1. The van der Waals surface area contributed by atoms with Crippen molar-refractivity contribution in [3.8, 4) is 0 Å². The van der Waals surface area contributed by atoms with Gasteiger partial charge in [-0.05, 0) is 18.8 Å². The maximum atomic E-state index is 11.2. The van der Waals surface area contributed by atoms with E-state index in [2.05, 4.69) is 26.1 Å². The highest BCUT2D eigenvalue weighted by molar-refractivity contribution is 5.75. The summed E-state index contributed by atoms with van der Waals surface area (Å²) >= 11 is 0. The summed E-state index contributed by atoms with van der Waals surface area (Å²) in [5, 5.41) is 2.98. The van der Waals surface area contributed by atoms with Gasteiger partial charge in [-0.1, -0.05) is 40.0 Å². The second-order valence-electron chi connectivity index (χ2n) is 3.92. The van der Waals surface area contributed by atoms with Crippen LogP contribution in [-0.4, -0.2) is 12.5 Å². The van der Waals surface area contributed by atoms with Crippen molar-refractivity contribution in [2.45, 2.75) is 59.3 Å². The summed E-state index contributed by atoms with van der Waals surface area (Å²) in [4.78, 5) is 11.2. The van der Waals surface area contributed by atoms with Gasteiger partial charge in [-0.2, -0.15) is 0 Å². The quantitative estimate of drug-likeness (QED) is 0.639. The molecule has 0 saturated carbocycles. The minimum atomic E-state index is 0.220. The first kappa shape index (κ1) is 13.5. The Kier molecular flexibility index (Phi) is 8.70. The van der Waals surface area contributed by atoms with E-state index in [4.69, 9.17) is 0 Å². The Hall–Kier alpha value is -0.530. The van der Waals surface area contributed by atoms with Crippen LogP contribution in [0.25, 0.3) is 0 Å². The Morgan fingerprint density at radius 3 is 2.36 bits per heavy atom. The molecule has 0 saturated heterocycles. The van der Waals surface area contributed by atoms with E-state index in [0.717, 1.165) is 31.7 Å². The molecular formula is C12H25NO. The lowest BCUT2D eigenvalue weighted by Gasteiger charge is -2.12. The molecule has 0 aromatic heterocycles.